The molecule has 30 heavy (non-hydrogen) atoms. The summed E-state index contributed by atoms with van der Waals surface area (Å²) in [5.41, 5.74) is 8.13. The summed E-state index contributed by atoms with van der Waals surface area (Å²) in [6.45, 7) is -1.34. The summed E-state index contributed by atoms with van der Waals surface area (Å²) in [4.78, 5) is 11.8. The highest BCUT2D eigenvalue weighted by atomic mass is 19.3. The van der Waals surface area contributed by atoms with E-state index >= 15 is 0 Å². The van der Waals surface area contributed by atoms with E-state index < -0.39 is 24.0 Å². The van der Waals surface area contributed by atoms with E-state index in [-0.39, 0.29) is 23.1 Å². The Balaban J connectivity index is 1.71. The molecule has 154 valence electrons. The number of alkyl halides is 2. The van der Waals surface area contributed by atoms with Gasteiger partial charge in [-0.1, -0.05) is 0 Å². The van der Waals surface area contributed by atoms with Crippen molar-refractivity contribution in [3.63, 3.8) is 0 Å². The molecule has 0 aliphatic heterocycles. The van der Waals surface area contributed by atoms with Crippen LogP contribution in [-0.2, 0) is 0 Å². The fourth-order valence-corrected chi connectivity index (χ4v) is 3.15. The largest absolute Gasteiger partial charge is 0.432 e. The Kier molecular flexibility index (Phi) is 4.90. The molecule has 4 rings (SSSR count). The second-order valence-electron chi connectivity index (χ2n) is 6.47. The number of aryl methyl sites for hydroxylation is 1. The van der Waals surface area contributed by atoms with Gasteiger partial charge in [-0.05, 0) is 37.3 Å². The Morgan fingerprint density at radius 2 is 1.87 bits per heavy atom. The van der Waals surface area contributed by atoms with Crippen LogP contribution in [0.5, 0.6) is 5.75 Å². The van der Waals surface area contributed by atoms with Gasteiger partial charge in [-0.3, -0.25) is 0 Å². The number of aromatic amines is 1. The number of aromatic nitrogens is 3. The zero-order chi connectivity index (χ0) is 21.4. The number of halogens is 4. The third-order valence-corrected chi connectivity index (χ3v) is 4.34. The van der Waals surface area contributed by atoms with Gasteiger partial charge in [0.15, 0.2) is 17.4 Å². The van der Waals surface area contributed by atoms with E-state index in [0.717, 1.165) is 12.1 Å². The number of hydrogen-bond acceptors (Lipinski definition) is 5. The van der Waals surface area contributed by atoms with Crippen LogP contribution in [-0.4, -0.2) is 21.6 Å². The first-order valence-corrected chi connectivity index (χ1v) is 8.74. The maximum atomic E-state index is 14.0. The van der Waals surface area contributed by atoms with Crippen molar-refractivity contribution < 1.29 is 22.3 Å². The molecule has 0 radical (unpaired) electrons. The number of hydrogen-bond donors (Lipinski definition) is 3. The Labute approximate surface area is 167 Å². The molecule has 4 N–H and O–H groups in total. The average Bonchev–Trinajstić information content (AvgIpc) is 2.98. The smallest absolute Gasteiger partial charge is 0.387 e. The standard InChI is InChI=1S/C20H15F4N5O/c1-9-18(12-6-10(21)2-4-14(12)26-9)19-28-16(25)8-17(29-19)27-11-3-5-15(13(22)7-11)30-20(23)24/h2-8,20,26H,1H3,(H3,25,27,28,29). The van der Waals surface area contributed by atoms with Crippen LogP contribution in [0.25, 0.3) is 22.3 Å². The Bertz CT molecular complexity index is 1240. The SMILES string of the molecule is Cc1[nH]c2ccc(F)cc2c1-c1nc(N)cc(Nc2ccc(OC(F)F)c(F)c2)n1. The molecule has 6 nitrogen and oxygen atoms in total. The summed E-state index contributed by atoms with van der Waals surface area (Å²) >= 11 is 0. The van der Waals surface area contributed by atoms with Crippen molar-refractivity contribution in [2.75, 3.05) is 11.1 Å². The van der Waals surface area contributed by atoms with E-state index in [9.17, 15) is 17.6 Å². The number of H-pyrrole nitrogens is 1. The van der Waals surface area contributed by atoms with Gasteiger partial charge in [0.05, 0.1) is 0 Å². The van der Waals surface area contributed by atoms with Crippen molar-refractivity contribution in [1.82, 2.24) is 15.0 Å². The predicted molar refractivity (Wildman–Crippen MR) is 105 cm³/mol. The molecule has 0 spiro atoms. The van der Waals surface area contributed by atoms with Crippen LogP contribution in [0.3, 0.4) is 0 Å². The quantitative estimate of drug-likeness (QED) is 0.392. The lowest BCUT2D eigenvalue weighted by Crippen LogP contribution is -2.04. The Morgan fingerprint density at radius 3 is 2.60 bits per heavy atom. The summed E-state index contributed by atoms with van der Waals surface area (Å²) in [6.07, 6.45) is 0. The molecule has 0 fully saturated rings. The van der Waals surface area contributed by atoms with Crippen molar-refractivity contribution in [3.8, 4) is 17.1 Å². The topological polar surface area (TPSA) is 88.9 Å². The molecule has 0 saturated heterocycles. The van der Waals surface area contributed by atoms with Gasteiger partial charge in [-0.25, -0.2) is 18.7 Å². The highest BCUT2D eigenvalue weighted by molar-refractivity contribution is 5.96. The molecule has 0 bridgehead atoms. The van der Waals surface area contributed by atoms with Crippen molar-refractivity contribution >= 4 is 28.2 Å². The van der Waals surface area contributed by atoms with Crippen LogP contribution in [0.1, 0.15) is 5.69 Å². The second-order valence-corrected chi connectivity index (χ2v) is 6.47. The number of nitrogens with one attached hydrogen (secondary N) is 2. The molecule has 0 saturated carbocycles. The predicted octanol–water partition coefficient (Wildman–Crippen LogP) is 5.14. The van der Waals surface area contributed by atoms with Crippen molar-refractivity contribution in [3.05, 3.63) is 59.8 Å². The van der Waals surface area contributed by atoms with Crippen LogP contribution < -0.4 is 15.8 Å². The summed E-state index contributed by atoms with van der Waals surface area (Å²) in [5.74, 6) is -1.34. The van der Waals surface area contributed by atoms with E-state index in [4.69, 9.17) is 5.73 Å². The van der Waals surface area contributed by atoms with Crippen LogP contribution in [0, 0.1) is 18.6 Å². The summed E-state index contributed by atoms with van der Waals surface area (Å²) in [5, 5.41) is 3.44. The van der Waals surface area contributed by atoms with Gasteiger partial charge in [0.2, 0.25) is 0 Å². The van der Waals surface area contributed by atoms with Crippen molar-refractivity contribution in [1.29, 1.82) is 0 Å². The zero-order valence-corrected chi connectivity index (χ0v) is 15.5. The molecule has 0 unspecified atom stereocenters. The number of ether oxygens (including phenoxy) is 1. The first kappa shape index (κ1) is 19.5. The highest BCUT2D eigenvalue weighted by Gasteiger charge is 2.16. The van der Waals surface area contributed by atoms with Gasteiger partial charge in [-0.2, -0.15) is 8.78 Å². The fourth-order valence-electron chi connectivity index (χ4n) is 3.15. The first-order chi connectivity index (χ1) is 14.3. The summed E-state index contributed by atoms with van der Waals surface area (Å²) < 4.78 is 56.4. The van der Waals surface area contributed by atoms with E-state index in [0.29, 0.717) is 22.2 Å². The number of rotatable bonds is 5. The number of anilines is 3. The van der Waals surface area contributed by atoms with Crippen LogP contribution in [0.15, 0.2) is 42.5 Å². The number of fused-ring (bicyclic) bond motifs is 1. The number of nitrogen functional groups attached to an aromatic ring is 1. The van der Waals surface area contributed by atoms with Crippen molar-refractivity contribution in [2.24, 2.45) is 0 Å². The molecule has 0 atom stereocenters. The van der Waals surface area contributed by atoms with Gasteiger partial charge >= 0.3 is 6.61 Å². The van der Waals surface area contributed by atoms with E-state index in [1.807, 2.05) is 0 Å². The van der Waals surface area contributed by atoms with E-state index in [2.05, 4.69) is 25.0 Å². The molecule has 2 aromatic heterocycles. The lowest BCUT2D eigenvalue weighted by molar-refractivity contribution is -0.0521. The molecular formula is C20H15F4N5O. The van der Waals surface area contributed by atoms with Gasteiger partial charge in [0.1, 0.15) is 17.5 Å². The second kappa shape index (κ2) is 7.54. The molecule has 0 aliphatic rings. The van der Waals surface area contributed by atoms with Crippen molar-refractivity contribution in [2.45, 2.75) is 13.5 Å². The normalized spacial score (nSPS) is 11.3. The molecule has 2 heterocycles. The number of nitrogens with two attached hydrogens (primary N) is 1. The first-order valence-electron chi connectivity index (χ1n) is 8.74. The minimum atomic E-state index is -3.13. The average molecular weight is 417 g/mol. The van der Waals surface area contributed by atoms with Crippen LogP contribution in [0.2, 0.25) is 0 Å². The van der Waals surface area contributed by atoms with Gasteiger partial charge in [0, 0.05) is 40.0 Å². The maximum absolute atomic E-state index is 14.0. The summed E-state index contributed by atoms with van der Waals surface area (Å²) in [6, 6.07) is 9.15. The van der Waals surface area contributed by atoms with E-state index in [1.54, 1.807) is 13.0 Å². The lowest BCUT2D eigenvalue weighted by atomic mass is 10.1. The third kappa shape index (κ3) is 3.84. The molecular weight excluding hydrogens is 402 g/mol. The molecule has 0 amide bonds. The number of benzene rings is 2. The molecule has 4 aromatic rings. The zero-order valence-electron chi connectivity index (χ0n) is 15.5. The van der Waals surface area contributed by atoms with E-state index in [1.165, 1.54) is 24.3 Å². The van der Waals surface area contributed by atoms with Gasteiger partial charge in [0.25, 0.3) is 0 Å². The number of nitrogens with zero attached hydrogens (tertiary/aromatic N) is 2. The van der Waals surface area contributed by atoms with Crippen LogP contribution in [0.4, 0.5) is 34.9 Å². The fraction of sp³-hybridized carbons (Fsp3) is 0.100. The third-order valence-electron chi connectivity index (χ3n) is 4.34. The molecule has 0 aliphatic carbocycles. The maximum Gasteiger partial charge on any atom is 0.387 e. The van der Waals surface area contributed by atoms with Gasteiger partial charge in [-0.15, -0.1) is 0 Å². The Morgan fingerprint density at radius 1 is 1.07 bits per heavy atom. The molecule has 2 aromatic carbocycles. The highest BCUT2D eigenvalue weighted by Crippen LogP contribution is 2.32. The van der Waals surface area contributed by atoms with Crippen LogP contribution >= 0.6 is 0 Å². The van der Waals surface area contributed by atoms with Gasteiger partial charge < -0.3 is 20.8 Å². The summed E-state index contributed by atoms with van der Waals surface area (Å²) in [7, 11) is 0. The lowest BCUT2D eigenvalue weighted by Gasteiger charge is -2.11. The minimum Gasteiger partial charge on any atom is -0.432 e. The minimum absolute atomic E-state index is 0.130. The Hall–Kier alpha value is -3.82. The molecule has 10 heteroatoms. The monoisotopic (exact) mass is 417 g/mol.